The zero-order valence-electron chi connectivity index (χ0n) is 16.7. The van der Waals surface area contributed by atoms with Gasteiger partial charge in [0.15, 0.2) is 0 Å². The molecule has 0 atom stereocenters. The average Bonchev–Trinajstić information content (AvgIpc) is 3.15. The van der Waals surface area contributed by atoms with E-state index in [1.165, 1.54) is 6.07 Å². The molecular formula is C22H22F3N3O2. The van der Waals surface area contributed by atoms with E-state index in [9.17, 15) is 18.0 Å². The first-order valence-corrected chi connectivity index (χ1v) is 9.49. The summed E-state index contributed by atoms with van der Waals surface area (Å²) in [5, 5.41) is 7.22. The van der Waals surface area contributed by atoms with Crippen molar-refractivity contribution in [2.24, 2.45) is 0 Å². The molecular weight excluding hydrogens is 395 g/mol. The van der Waals surface area contributed by atoms with Crippen molar-refractivity contribution in [2.75, 3.05) is 7.11 Å². The van der Waals surface area contributed by atoms with Gasteiger partial charge in [-0.3, -0.25) is 9.48 Å². The van der Waals surface area contributed by atoms with Gasteiger partial charge in [-0.2, -0.15) is 18.3 Å². The highest BCUT2D eigenvalue weighted by Gasteiger charge is 2.30. The summed E-state index contributed by atoms with van der Waals surface area (Å²) in [4.78, 5) is 12.8. The number of hydrogen-bond acceptors (Lipinski definition) is 3. The molecule has 0 spiro atoms. The molecule has 2 aromatic carbocycles. The molecule has 0 radical (unpaired) electrons. The largest absolute Gasteiger partial charge is 0.496 e. The number of aryl methyl sites for hydroxylation is 1. The molecule has 3 rings (SSSR count). The smallest absolute Gasteiger partial charge is 0.416 e. The molecule has 0 aliphatic carbocycles. The lowest BCUT2D eigenvalue weighted by Crippen LogP contribution is -2.26. The van der Waals surface area contributed by atoms with E-state index in [1.54, 1.807) is 23.9 Å². The van der Waals surface area contributed by atoms with Gasteiger partial charge in [0.25, 0.3) is 5.91 Å². The Morgan fingerprint density at radius 1 is 1.13 bits per heavy atom. The minimum Gasteiger partial charge on any atom is -0.496 e. The number of ether oxygens (including phenoxy) is 1. The van der Waals surface area contributed by atoms with Crippen molar-refractivity contribution in [3.63, 3.8) is 0 Å². The summed E-state index contributed by atoms with van der Waals surface area (Å²) >= 11 is 0. The molecule has 1 amide bonds. The van der Waals surface area contributed by atoms with Crippen LogP contribution in [0.3, 0.4) is 0 Å². The number of carbonyl (C=O) groups excluding carboxylic acids is 1. The van der Waals surface area contributed by atoms with Gasteiger partial charge in [-0.25, -0.2) is 0 Å². The van der Waals surface area contributed by atoms with Gasteiger partial charge in [-0.15, -0.1) is 0 Å². The Morgan fingerprint density at radius 2 is 1.90 bits per heavy atom. The third kappa shape index (κ3) is 4.82. The molecule has 0 aliphatic rings. The first kappa shape index (κ1) is 21.4. The van der Waals surface area contributed by atoms with E-state index in [1.807, 2.05) is 31.2 Å². The standard InChI is InChI=1S/C22H22F3N3O2/c1-3-11-28-19(13-18(27-28)17-9-4-5-10-20(17)30-2)21(29)26-14-15-7-6-8-16(12-15)22(23,24)25/h4-10,12-13H,3,11,14H2,1-2H3,(H,26,29). The maximum atomic E-state index is 12.9. The van der Waals surface area contributed by atoms with Crippen LogP contribution >= 0.6 is 0 Å². The van der Waals surface area contributed by atoms with Crippen LogP contribution in [0.25, 0.3) is 11.3 Å². The summed E-state index contributed by atoms with van der Waals surface area (Å²) in [6.45, 7) is 2.47. The summed E-state index contributed by atoms with van der Waals surface area (Å²) in [6.07, 6.45) is -3.66. The fourth-order valence-corrected chi connectivity index (χ4v) is 3.10. The van der Waals surface area contributed by atoms with Crippen LogP contribution in [-0.4, -0.2) is 22.8 Å². The third-order valence-corrected chi connectivity index (χ3v) is 4.54. The highest BCUT2D eigenvalue weighted by Crippen LogP contribution is 2.30. The monoisotopic (exact) mass is 417 g/mol. The summed E-state index contributed by atoms with van der Waals surface area (Å²) in [5.74, 6) is 0.226. The number of benzene rings is 2. The third-order valence-electron chi connectivity index (χ3n) is 4.54. The minimum atomic E-state index is -4.43. The number of halogens is 3. The Kier molecular flexibility index (Phi) is 6.44. The van der Waals surface area contributed by atoms with Crippen LogP contribution in [0.4, 0.5) is 13.2 Å². The van der Waals surface area contributed by atoms with Gasteiger partial charge in [0.2, 0.25) is 0 Å². The molecule has 1 heterocycles. The van der Waals surface area contributed by atoms with E-state index in [0.717, 1.165) is 24.1 Å². The van der Waals surface area contributed by atoms with Crippen LogP contribution in [0, 0.1) is 0 Å². The van der Waals surface area contributed by atoms with Crippen LogP contribution in [-0.2, 0) is 19.3 Å². The number of para-hydroxylation sites is 1. The quantitative estimate of drug-likeness (QED) is 0.594. The fourth-order valence-electron chi connectivity index (χ4n) is 3.10. The SMILES string of the molecule is CCCn1nc(-c2ccccc2OC)cc1C(=O)NCc1cccc(C(F)(F)F)c1. The predicted molar refractivity (Wildman–Crippen MR) is 107 cm³/mol. The summed E-state index contributed by atoms with van der Waals surface area (Å²) < 4.78 is 45.6. The Hall–Kier alpha value is -3.29. The second-order valence-corrected chi connectivity index (χ2v) is 6.72. The first-order chi connectivity index (χ1) is 14.3. The molecule has 0 fully saturated rings. The zero-order chi connectivity index (χ0) is 21.7. The molecule has 158 valence electrons. The van der Waals surface area contributed by atoms with Crippen molar-refractivity contribution in [1.29, 1.82) is 0 Å². The van der Waals surface area contributed by atoms with Crippen LogP contribution in [0.2, 0.25) is 0 Å². The normalized spacial score (nSPS) is 11.4. The van der Waals surface area contributed by atoms with Gasteiger partial charge in [0, 0.05) is 18.7 Å². The van der Waals surface area contributed by atoms with Gasteiger partial charge in [-0.1, -0.05) is 31.2 Å². The molecule has 0 bridgehead atoms. The summed E-state index contributed by atoms with van der Waals surface area (Å²) in [5.41, 5.74) is 1.30. The van der Waals surface area contributed by atoms with Crippen LogP contribution in [0.5, 0.6) is 5.75 Å². The van der Waals surface area contributed by atoms with Crippen molar-refractivity contribution in [3.05, 3.63) is 71.4 Å². The van der Waals surface area contributed by atoms with E-state index in [-0.39, 0.29) is 6.54 Å². The topological polar surface area (TPSA) is 56.2 Å². The number of hydrogen-bond donors (Lipinski definition) is 1. The number of methoxy groups -OCH3 is 1. The Morgan fingerprint density at radius 3 is 2.60 bits per heavy atom. The summed E-state index contributed by atoms with van der Waals surface area (Å²) in [6, 6.07) is 13.9. The molecule has 0 saturated carbocycles. The number of alkyl halides is 3. The molecule has 3 aromatic rings. The van der Waals surface area contributed by atoms with Crippen LogP contribution in [0.1, 0.15) is 35.0 Å². The number of nitrogens with zero attached hydrogens (tertiary/aromatic N) is 2. The molecule has 0 unspecified atom stereocenters. The Labute approximate surface area is 172 Å². The molecule has 30 heavy (non-hydrogen) atoms. The number of aromatic nitrogens is 2. The molecule has 1 N–H and O–H groups in total. The lowest BCUT2D eigenvalue weighted by atomic mass is 10.1. The van der Waals surface area contributed by atoms with E-state index in [2.05, 4.69) is 10.4 Å². The Balaban J connectivity index is 1.83. The highest BCUT2D eigenvalue weighted by molar-refractivity contribution is 5.93. The maximum absolute atomic E-state index is 12.9. The predicted octanol–water partition coefficient (Wildman–Crippen LogP) is 4.92. The second kappa shape index (κ2) is 9.02. The Bertz CT molecular complexity index is 1030. The first-order valence-electron chi connectivity index (χ1n) is 9.49. The van der Waals surface area contributed by atoms with Crippen molar-refractivity contribution in [3.8, 4) is 17.0 Å². The van der Waals surface area contributed by atoms with Crippen molar-refractivity contribution in [2.45, 2.75) is 32.6 Å². The number of amides is 1. The zero-order valence-corrected chi connectivity index (χ0v) is 16.7. The van der Waals surface area contributed by atoms with Crippen molar-refractivity contribution in [1.82, 2.24) is 15.1 Å². The van der Waals surface area contributed by atoms with Gasteiger partial charge in [0.05, 0.1) is 18.4 Å². The van der Waals surface area contributed by atoms with E-state index < -0.39 is 17.6 Å². The van der Waals surface area contributed by atoms with Crippen LogP contribution in [0.15, 0.2) is 54.6 Å². The van der Waals surface area contributed by atoms with Gasteiger partial charge in [0.1, 0.15) is 11.4 Å². The molecule has 0 aliphatic heterocycles. The van der Waals surface area contributed by atoms with Crippen LogP contribution < -0.4 is 10.1 Å². The average molecular weight is 417 g/mol. The van der Waals surface area contributed by atoms with E-state index >= 15 is 0 Å². The highest BCUT2D eigenvalue weighted by atomic mass is 19.4. The molecule has 0 saturated heterocycles. The fraction of sp³-hybridized carbons (Fsp3) is 0.273. The van der Waals surface area contributed by atoms with Crippen molar-refractivity contribution >= 4 is 5.91 Å². The molecule has 5 nitrogen and oxygen atoms in total. The summed E-state index contributed by atoms with van der Waals surface area (Å²) in [7, 11) is 1.56. The number of nitrogens with one attached hydrogen (secondary N) is 1. The van der Waals surface area contributed by atoms with E-state index in [4.69, 9.17) is 4.74 Å². The molecule has 1 aromatic heterocycles. The van der Waals surface area contributed by atoms with Gasteiger partial charge in [-0.05, 0) is 42.3 Å². The van der Waals surface area contributed by atoms with E-state index in [0.29, 0.717) is 29.2 Å². The van der Waals surface area contributed by atoms with Gasteiger partial charge >= 0.3 is 6.18 Å². The maximum Gasteiger partial charge on any atom is 0.416 e. The second-order valence-electron chi connectivity index (χ2n) is 6.72. The van der Waals surface area contributed by atoms with Gasteiger partial charge < -0.3 is 10.1 Å². The lowest BCUT2D eigenvalue weighted by Gasteiger charge is -2.10. The minimum absolute atomic E-state index is 0.0238. The molecule has 8 heteroatoms. The number of carbonyl (C=O) groups is 1. The van der Waals surface area contributed by atoms with Crippen molar-refractivity contribution < 1.29 is 22.7 Å². The number of rotatable bonds is 7. The lowest BCUT2D eigenvalue weighted by molar-refractivity contribution is -0.137.